The number of nitrogens with one attached hydrogen (secondary N) is 1. The van der Waals surface area contributed by atoms with E-state index >= 15 is 0 Å². The van der Waals surface area contributed by atoms with Crippen molar-refractivity contribution < 1.29 is 14.1 Å². The Kier molecular flexibility index (Phi) is 4.42. The Bertz CT molecular complexity index is 778. The first-order chi connectivity index (χ1) is 10.3. The molecule has 0 aliphatic carbocycles. The van der Waals surface area contributed by atoms with Gasteiger partial charge in [-0.2, -0.15) is 0 Å². The number of nitrogens with zero attached hydrogens (tertiary/aromatic N) is 1. The molecular weight excluding hydrogens is 311 g/mol. The molecule has 0 saturated heterocycles. The average molecular weight is 323 g/mol. The van der Waals surface area contributed by atoms with Crippen molar-refractivity contribution in [2.24, 2.45) is 0 Å². The van der Waals surface area contributed by atoms with Crippen LogP contribution >= 0.6 is 11.6 Å². The van der Waals surface area contributed by atoms with Crippen molar-refractivity contribution in [3.63, 3.8) is 0 Å². The van der Waals surface area contributed by atoms with Crippen LogP contribution in [0.15, 0.2) is 30.3 Å². The Morgan fingerprint density at radius 3 is 2.55 bits per heavy atom. The number of carbonyl (C=O) groups is 1. The number of nitro benzene ring substituents is 1. The highest BCUT2D eigenvalue weighted by Gasteiger charge is 2.19. The number of halogens is 2. The zero-order valence-electron chi connectivity index (χ0n) is 11.8. The summed E-state index contributed by atoms with van der Waals surface area (Å²) in [6, 6.07) is 6.92. The maximum atomic E-state index is 13.7. The summed E-state index contributed by atoms with van der Waals surface area (Å²) in [5.41, 5.74) is 0.583. The molecule has 2 aromatic carbocycles. The first-order valence-corrected chi connectivity index (χ1v) is 6.69. The third-order valence-electron chi connectivity index (χ3n) is 3.21. The molecule has 114 valence electrons. The molecule has 0 fully saturated rings. The maximum Gasteiger partial charge on any atom is 0.276 e. The van der Waals surface area contributed by atoms with E-state index < -0.39 is 22.3 Å². The van der Waals surface area contributed by atoms with E-state index in [1.807, 2.05) is 6.92 Å². The molecule has 0 aromatic heterocycles. The van der Waals surface area contributed by atoms with E-state index in [0.717, 1.165) is 17.7 Å². The Hall–Kier alpha value is -2.47. The molecule has 1 N–H and O–H groups in total. The smallest absolute Gasteiger partial charge is 0.276 e. The van der Waals surface area contributed by atoms with E-state index in [1.54, 1.807) is 18.2 Å². The first-order valence-electron chi connectivity index (χ1n) is 6.31. The number of hydrogen-bond acceptors (Lipinski definition) is 3. The van der Waals surface area contributed by atoms with Gasteiger partial charge in [0.05, 0.1) is 10.5 Å². The lowest BCUT2D eigenvalue weighted by Gasteiger charge is -2.08. The molecule has 22 heavy (non-hydrogen) atoms. The van der Waals surface area contributed by atoms with Crippen molar-refractivity contribution in [3.8, 4) is 0 Å². The van der Waals surface area contributed by atoms with Gasteiger partial charge in [-0.15, -0.1) is 0 Å². The third kappa shape index (κ3) is 3.23. The van der Waals surface area contributed by atoms with E-state index in [0.29, 0.717) is 10.7 Å². The van der Waals surface area contributed by atoms with E-state index in [1.165, 1.54) is 6.92 Å². The summed E-state index contributed by atoms with van der Waals surface area (Å²) in [6.07, 6.45) is 0. The number of nitro groups is 1. The van der Waals surface area contributed by atoms with Gasteiger partial charge in [0.15, 0.2) is 0 Å². The van der Waals surface area contributed by atoms with Crippen molar-refractivity contribution in [2.75, 3.05) is 5.32 Å². The minimum absolute atomic E-state index is 0.111. The molecule has 0 aliphatic rings. The number of anilines is 1. The fraction of sp³-hybridized carbons (Fsp3) is 0.133. The Labute approximate surface area is 130 Å². The summed E-state index contributed by atoms with van der Waals surface area (Å²) < 4.78 is 13.7. The lowest BCUT2D eigenvalue weighted by molar-refractivity contribution is -0.385. The first kappa shape index (κ1) is 15.9. The van der Waals surface area contributed by atoms with E-state index in [2.05, 4.69) is 5.32 Å². The van der Waals surface area contributed by atoms with Crippen LogP contribution in [0.3, 0.4) is 0 Å². The van der Waals surface area contributed by atoms with Crippen LogP contribution in [0, 0.1) is 29.8 Å². The molecule has 0 saturated carbocycles. The standard InChI is InChI=1S/C15H12ClFN2O3/c1-8-3-4-11(7-12(8)16)18-15(20)10-5-13(17)9(2)14(6-10)19(21)22/h3-7H,1-2H3,(H,18,20). The van der Waals surface area contributed by atoms with Crippen molar-refractivity contribution in [1.29, 1.82) is 0 Å². The van der Waals surface area contributed by atoms with Gasteiger partial charge in [0.1, 0.15) is 5.82 Å². The fourth-order valence-corrected chi connectivity index (χ4v) is 2.04. The van der Waals surface area contributed by atoms with Gasteiger partial charge in [0, 0.05) is 22.3 Å². The number of carbonyl (C=O) groups excluding carboxylic acids is 1. The summed E-state index contributed by atoms with van der Waals surface area (Å²) in [5.74, 6) is -1.46. The molecule has 0 aliphatic heterocycles. The molecule has 0 atom stereocenters. The molecule has 1 amide bonds. The van der Waals surface area contributed by atoms with E-state index in [4.69, 9.17) is 11.6 Å². The van der Waals surface area contributed by atoms with Gasteiger partial charge in [-0.1, -0.05) is 17.7 Å². The van der Waals surface area contributed by atoms with Crippen molar-refractivity contribution in [2.45, 2.75) is 13.8 Å². The molecule has 2 rings (SSSR count). The van der Waals surface area contributed by atoms with Crippen LogP contribution < -0.4 is 5.32 Å². The van der Waals surface area contributed by atoms with Gasteiger partial charge < -0.3 is 5.32 Å². The number of benzene rings is 2. The molecule has 0 radical (unpaired) electrons. The highest BCUT2D eigenvalue weighted by atomic mass is 35.5. The monoisotopic (exact) mass is 322 g/mol. The van der Waals surface area contributed by atoms with Crippen LogP contribution in [0.25, 0.3) is 0 Å². The predicted molar refractivity (Wildman–Crippen MR) is 81.9 cm³/mol. The highest BCUT2D eigenvalue weighted by Crippen LogP contribution is 2.24. The topological polar surface area (TPSA) is 72.2 Å². The van der Waals surface area contributed by atoms with Crippen LogP contribution in [-0.4, -0.2) is 10.8 Å². The van der Waals surface area contributed by atoms with E-state index in [9.17, 15) is 19.3 Å². The SMILES string of the molecule is Cc1ccc(NC(=O)c2cc(F)c(C)c([N+](=O)[O-])c2)cc1Cl. The lowest BCUT2D eigenvalue weighted by atomic mass is 10.1. The Balaban J connectivity index is 2.33. The van der Waals surface area contributed by atoms with Gasteiger partial charge in [-0.05, 0) is 37.6 Å². The molecule has 0 bridgehead atoms. The van der Waals surface area contributed by atoms with Crippen LogP contribution in [-0.2, 0) is 0 Å². The molecule has 0 spiro atoms. The third-order valence-corrected chi connectivity index (χ3v) is 3.61. The molecule has 0 unspecified atom stereocenters. The van der Waals surface area contributed by atoms with Crippen molar-refractivity contribution >= 4 is 28.9 Å². The number of aryl methyl sites for hydroxylation is 1. The second-order valence-corrected chi connectivity index (χ2v) is 5.18. The van der Waals surface area contributed by atoms with Gasteiger partial charge in [-0.25, -0.2) is 4.39 Å². The minimum Gasteiger partial charge on any atom is -0.322 e. The van der Waals surface area contributed by atoms with Crippen LogP contribution in [0.2, 0.25) is 5.02 Å². The summed E-state index contributed by atoms with van der Waals surface area (Å²) in [7, 11) is 0. The summed E-state index contributed by atoms with van der Waals surface area (Å²) in [6.45, 7) is 3.10. The average Bonchev–Trinajstić information content (AvgIpc) is 2.45. The van der Waals surface area contributed by atoms with Crippen LogP contribution in [0.4, 0.5) is 15.8 Å². The highest BCUT2D eigenvalue weighted by molar-refractivity contribution is 6.31. The molecule has 5 nitrogen and oxygen atoms in total. The van der Waals surface area contributed by atoms with Crippen molar-refractivity contribution in [3.05, 3.63) is 68.0 Å². The summed E-state index contributed by atoms with van der Waals surface area (Å²) >= 11 is 5.96. The number of rotatable bonds is 3. The second kappa shape index (κ2) is 6.11. The van der Waals surface area contributed by atoms with Gasteiger partial charge in [0.25, 0.3) is 11.6 Å². The minimum atomic E-state index is -0.804. The zero-order chi connectivity index (χ0) is 16.4. The number of hydrogen-bond donors (Lipinski definition) is 1. The molecule has 0 heterocycles. The normalized spacial score (nSPS) is 10.4. The molecular formula is C15H12ClFN2O3. The van der Waals surface area contributed by atoms with Gasteiger partial charge >= 0.3 is 0 Å². The maximum absolute atomic E-state index is 13.7. The second-order valence-electron chi connectivity index (χ2n) is 4.78. The lowest BCUT2D eigenvalue weighted by Crippen LogP contribution is -2.13. The van der Waals surface area contributed by atoms with Gasteiger partial charge in [-0.3, -0.25) is 14.9 Å². The quantitative estimate of drug-likeness (QED) is 0.678. The molecule has 7 heteroatoms. The fourth-order valence-electron chi connectivity index (χ4n) is 1.86. The summed E-state index contributed by atoms with van der Waals surface area (Å²) in [4.78, 5) is 22.3. The zero-order valence-corrected chi connectivity index (χ0v) is 12.6. The predicted octanol–water partition coefficient (Wildman–Crippen LogP) is 4.26. The Morgan fingerprint density at radius 2 is 1.95 bits per heavy atom. The van der Waals surface area contributed by atoms with Gasteiger partial charge in [0.2, 0.25) is 0 Å². The Morgan fingerprint density at radius 1 is 1.27 bits per heavy atom. The van der Waals surface area contributed by atoms with E-state index in [-0.39, 0.29) is 11.1 Å². The molecule has 2 aromatic rings. The summed E-state index contributed by atoms with van der Waals surface area (Å²) in [5, 5.41) is 13.9. The van der Waals surface area contributed by atoms with Crippen LogP contribution in [0.1, 0.15) is 21.5 Å². The van der Waals surface area contributed by atoms with Crippen LogP contribution in [0.5, 0.6) is 0 Å². The van der Waals surface area contributed by atoms with Crippen molar-refractivity contribution in [1.82, 2.24) is 0 Å². The largest absolute Gasteiger partial charge is 0.322 e. The number of amides is 1.